The number of nitrogens with one attached hydrogen (secondary N) is 1. The van der Waals surface area contributed by atoms with Gasteiger partial charge >= 0.3 is 0 Å². The molecule has 1 unspecified atom stereocenters. The van der Waals surface area contributed by atoms with Crippen LogP contribution < -0.4 is 11.1 Å². The van der Waals surface area contributed by atoms with E-state index in [4.69, 9.17) is 10.5 Å². The van der Waals surface area contributed by atoms with Gasteiger partial charge in [0, 0.05) is 36.3 Å². The van der Waals surface area contributed by atoms with Crippen molar-refractivity contribution < 1.29 is 23.1 Å². The number of amides is 2. The number of aryl methyl sites for hydroxylation is 2. The third-order valence-electron chi connectivity index (χ3n) is 7.37. The largest absolute Gasteiger partial charge is 0.375 e. The Morgan fingerprint density at radius 1 is 0.814 bits per heavy atom. The summed E-state index contributed by atoms with van der Waals surface area (Å²) in [6, 6.07) is 15.2. The van der Waals surface area contributed by atoms with Crippen molar-refractivity contribution in [2.24, 2.45) is 5.73 Å². The zero-order valence-corrected chi connectivity index (χ0v) is 25.8. The molecule has 3 rings (SSSR count). The summed E-state index contributed by atoms with van der Waals surface area (Å²) in [7, 11) is 0. The highest BCUT2D eigenvalue weighted by Gasteiger charge is 2.24. The van der Waals surface area contributed by atoms with Crippen molar-refractivity contribution in [2.45, 2.75) is 78.5 Å². The van der Waals surface area contributed by atoms with Crippen LogP contribution in [-0.4, -0.2) is 48.5 Å². The first-order valence-electron chi connectivity index (χ1n) is 15.3. The maximum atomic E-state index is 14.0. The van der Waals surface area contributed by atoms with E-state index in [0.717, 1.165) is 36.5 Å². The summed E-state index contributed by atoms with van der Waals surface area (Å²) in [6.07, 6.45) is 3.31. The predicted molar refractivity (Wildman–Crippen MR) is 167 cm³/mol. The Hall–Kier alpha value is -3.62. The third kappa shape index (κ3) is 10.3. The maximum absolute atomic E-state index is 14.0. The van der Waals surface area contributed by atoms with Crippen molar-refractivity contribution in [3.05, 3.63) is 106 Å². The Labute approximate surface area is 254 Å². The Bertz CT molecular complexity index is 1340. The standard InChI is InChI=1S/C35H45F2N3O3/c1-5-12-40(13-6-2)35(42)29-16-25(8-4)15-28(20-29)34(41)39-33(19-27-17-30(36)21-31(37)18-27)32(38)23-43-22-26-11-9-10-24(7-3)14-26/h9-11,14-18,20-21,32-33H,5-8,12-13,19,22-23,38H2,1-4H3,(H,39,41)/t32?,33-/m0/s1. The van der Waals surface area contributed by atoms with Gasteiger partial charge in [0.1, 0.15) is 11.6 Å². The van der Waals surface area contributed by atoms with Gasteiger partial charge in [0.15, 0.2) is 0 Å². The highest BCUT2D eigenvalue weighted by molar-refractivity contribution is 6.00. The van der Waals surface area contributed by atoms with Crippen molar-refractivity contribution >= 4 is 11.8 Å². The van der Waals surface area contributed by atoms with Gasteiger partial charge in [-0.05, 0) is 84.7 Å². The van der Waals surface area contributed by atoms with Crippen LogP contribution in [0.2, 0.25) is 0 Å². The second kappa shape index (κ2) is 16.9. The lowest BCUT2D eigenvalue weighted by Gasteiger charge is -2.26. The summed E-state index contributed by atoms with van der Waals surface area (Å²) in [4.78, 5) is 28.8. The van der Waals surface area contributed by atoms with Gasteiger partial charge in [-0.3, -0.25) is 9.59 Å². The van der Waals surface area contributed by atoms with Crippen LogP contribution in [-0.2, 0) is 30.6 Å². The highest BCUT2D eigenvalue weighted by atomic mass is 19.1. The summed E-state index contributed by atoms with van der Waals surface area (Å²) < 4.78 is 34.0. The van der Waals surface area contributed by atoms with Crippen molar-refractivity contribution in [3.8, 4) is 0 Å². The molecule has 6 nitrogen and oxygen atoms in total. The molecule has 2 atom stereocenters. The van der Waals surface area contributed by atoms with Crippen LogP contribution in [0.4, 0.5) is 8.78 Å². The van der Waals surface area contributed by atoms with E-state index in [1.54, 1.807) is 17.0 Å². The second-order valence-electron chi connectivity index (χ2n) is 11.0. The highest BCUT2D eigenvalue weighted by Crippen LogP contribution is 2.17. The van der Waals surface area contributed by atoms with E-state index in [0.29, 0.717) is 42.8 Å². The maximum Gasteiger partial charge on any atom is 0.253 e. The zero-order valence-electron chi connectivity index (χ0n) is 25.8. The van der Waals surface area contributed by atoms with Crippen molar-refractivity contribution in [1.29, 1.82) is 0 Å². The molecule has 0 spiro atoms. The number of hydrogen-bond acceptors (Lipinski definition) is 4. The molecular formula is C35H45F2N3O3. The fraction of sp³-hybridized carbons (Fsp3) is 0.429. The Kier molecular flexibility index (Phi) is 13.3. The number of hydrogen-bond donors (Lipinski definition) is 2. The van der Waals surface area contributed by atoms with Gasteiger partial charge < -0.3 is 20.7 Å². The number of halogens is 2. The van der Waals surface area contributed by atoms with Crippen molar-refractivity contribution in [1.82, 2.24) is 10.2 Å². The predicted octanol–water partition coefficient (Wildman–Crippen LogP) is 6.24. The van der Waals surface area contributed by atoms with Gasteiger partial charge in [-0.25, -0.2) is 8.78 Å². The summed E-state index contributed by atoms with van der Waals surface area (Å²) in [5.41, 5.74) is 10.7. The Morgan fingerprint density at radius 3 is 2.07 bits per heavy atom. The number of nitrogens with zero attached hydrogens (tertiary/aromatic N) is 1. The van der Waals surface area contributed by atoms with E-state index in [-0.39, 0.29) is 18.9 Å². The Morgan fingerprint density at radius 2 is 1.44 bits per heavy atom. The normalized spacial score (nSPS) is 12.5. The topological polar surface area (TPSA) is 84.7 Å². The molecule has 232 valence electrons. The van der Waals surface area contributed by atoms with Crippen LogP contribution in [0.15, 0.2) is 60.7 Å². The molecule has 0 heterocycles. The minimum absolute atomic E-state index is 0.0936. The minimum atomic E-state index is -0.705. The van der Waals surface area contributed by atoms with Crippen LogP contribution in [0, 0.1) is 11.6 Å². The van der Waals surface area contributed by atoms with E-state index < -0.39 is 29.6 Å². The number of nitrogens with two attached hydrogens (primary N) is 1. The molecule has 0 saturated carbocycles. The fourth-order valence-electron chi connectivity index (χ4n) is 5.10. The zero-order chi connectivity index (χ0) is 31.4. The molecule has 0 aliphatic carbocycles. The van der Waals surface area contributed by atoms with Crippen molar-refractivity contribution in [2.75, 3.05) is 19.7 Å². The lowest BCUT2D eigenvalue weighted by Crippen LogP contribution is -2.51. The number of carbonyl (C=O) groups is 2. The number of benzene rings is 3. The van der Waals surface area contributed by atoms with Gasteiger partial charge in [-0.1, -0.05) is 52.0 Å². The van der Waals surface area contributed by atoms with Gasteiger partial charge in [0.2, 0.25) is 0 Å². The van der Waals surface area contributed by atoms with Gasteiger partial charge in [0.05, 0.1) is 19.3 Å². The molecule has 0 radical (unpaired) electrons. The fourth-order valence-corrected chi connectivity index (χ4v) is 5.10. The monoisotopic (exact) mass is 593 g/mol. The first-order valence-corrected chi connectivity index (χ1v) is 15.3. The summed E-state index contributed by atoms with van der Waals surface area (Å²) in [5.74, 6) is -1.95. The van der Waals surface area contributed by atoms with Gasteiger partial charge in [-0.15, -0.1) is 0 Å². The Balaban J connectivity index is 1.83. The molecule has 0 saturated heterocycles. The lowest BCUT2D eigenvalue weighted by atomic mass is 9.98. The number of rotatable bonds is 16. The van der Waals surface area contributed by atoms with Crippen LogP contribution in [0.1, 0.15) is 83.5 Å². The summed E-state index contributed by atoms with van der Waals surface area (Å²) in [6.45, 7) is 9.82. The molecule has 8 heteroatoms. The van der Waals surface area contributed by atoms with E-state index in [1.165, 1.54) is 17.7 Å². The second-order valence-corrected chi connectivity index (χ2v) is 11.0. The third-order valence-corrected chi connectivity index (χ3v) is 7.37. The first kappa shape index (κ1) is 33.9. The van der Waals surface area contributed by atoms with E-state index >= 15 is 0 Å². The van der Waals surface area contributed by atoms with Gasteiger partial charge in [-0.2, -0.15) is 0 Å². The lowest BCUT2D eigenvalue weighted by molar-refractivity contribution is 0.0755. The van der Waals surface area contributed by atoms with Crippen LogP contribution in [0.3, 0.4) is 0 Å². The minimum Gasteiger partial charge on any atom is -0.375 e. The molecule has 0 aromatic heterocycles. The van der Waals surface area contributed by atoms with Crippen molar-refractivity contribution in [3.63, 3.8) is 0 Å². The first-order chi connectivity index (χ1) is 20.7. The van der Waals surface area contributed by atoms with Crippen LogP contribution >= 0.6 is 0 Å². The van der Waals surface area contributed by atoms with E-state index in [2.05, 4.69) is 24.4 Å². The van der Waals surface area contributed by atoms with Gasteiger partial charge in [0.25, 0.3) is 11.8 Å². The molecule has 3 aromatic rings. The molecule has 2 amide bonds. The van der Waals surface area contributed by atoms with Crippen LogP contribution in [0.25, 0.3) is 0 Å². The number of ether oxygens (including phenoxy) is 1. The molecule has 0 aliphatic heterocycles. The quantitative estimate of drug-likeness (QED) is 0.206. The SMILES string of the molecule is CCCN(CCC)C(=O)c1cc(CC)cc(C(=O)N[C@@H](Cc2cc(F)cc(F)c2)C(N)COCc2cccc(CC)c2)c1. The smallest absolute Gasteiger partial charge is 0.253 e. The van der Waals surface area contributed by atoms with E-state index in [9.17, 15) is 18.4 Å². The van der Waals surface area contributed by atoms with Crippen LogP contribution in [0.5, 0.6) is 0 Å². The molecule has 0 bridgehead atoms. The molecule has 0 aliphatic rings. The van der Waals surface area contributed by atoms with E-state index in [1.807, 2.05) is 39.0 Å². The molecule has 0 fully saturated rings. The molecule has 3 N–H and O–H groups in total. The average Bonchev–Trinajstić information content (AvgIpc) is 2.99. The molecular weight excluding hydrogens is 548 g/mol. The summed E-state index contributed by atoms with van der Waals surface area (Å²) >= 11 is 0. The molecule has 43 heavy (non-hydrogen) atoms. The molecule has 3 aromatic carbocycles. The average molecular weight is 594 g/mol. The number of carbonyl (C=O) groups excluding carboxylic acids is 2. The summed E-state index contributed by atoms with van der Waals surface area (Å²) in [5, 5.41) is 2.97.